The summed E-state index contributed by atoms with van der Waals surface area (Å²) < 4.78 is 0. The Morgan fingerprint density at radius 2 is 1.90 bits per heavy atom. The van der Waals surface area contributed by atoms with Crippen LogP contribution < -0.4 is 5.32 Å². The molecule has 3 heteroatoms. The van der Waals surface area contributed by atoms with Gasteiger partial charge >= 0.3 is 0 Å². The Hall–Kier alpha value is 0.270. The van der Waals surface area contributed by atoms with Crippen LogP contribution in [0.5, 0.6) is 0 Å². The number of nitrogens with one attached hydrogen (secondary N) is 1. The molecule has 0 aromatic heterocycles. The molecule has 2 unspecified atom stereocenters. The number of unbranched alkanes of at least 4 members (excludes halogenated alkanes) is 1. The van der Waals surface area contributed by atoms with Crippen LogP contribution in [0.2, 0.25) is 0 Å². The SMILES string of the molecule is CSCCCCN1CC(C2CCCCC2)NCC1C(C)C. The van der Waals surface area contributed by atoms with Gasteiger partial charge < -0.3 is 5.32 Å². The first kappa shape index (κ1) is 17.6. The van der Waals surface area contributed by atoms with Crippen molar-refractivity contribution in [1.29, 1.82) is 0 Å². The monoisotopic (exact) mass is 312 g/mol. The van der Waals surface area contributed by atoms with E-state index in [1.54, 1.807) is 0 Å². The Bertz CT molecular complexity index is 276. The van der Waals surface area contributed by atoms with Crippen LogP contribution in [0.1, 0.15) is 58.8 Å². The lowest BCUT2D eigenvalue weighted by Gasteiger charge is -2.45. The van der Waals surface area contributed by atoms with Crippen molar-refractivity contribution in [3.63, 3.8) is 0 Å². The number of nitrogens with zero attached hydrogens (tertiary/aromatic N) is 1. The molecule has 2 rings (SSSR count). The lowest BCUT2D eigenvalue weighted by atomic mass is 9.82. The highest BCUT2D eigenvalue weighted by molar-refractivity contribution is 7.98. The van der Waals surface area contributed by atoms with Crippen molar-refractivity contribution in [1.82, 2.24) is 10.2 Å². The highest BCUT2D eigenvalue weighted by atomic mass is 32.2. The first-order chi connectivity index (χ1) is 10.2. The number of hydrogen-bond donors (Lipinski definition) is 1. The van der Waals surface area contributed by atoms with E-state index in [1.807, 2.05) is 11.8 Å². The van der Waals surface area contributed by atoms with Crippen molar-refractivity contribution < 1.29 is 0 Å². The van der Waals surface area contributed by atoms with Gasteiger partial charge in [-0.3, -0.25) is 4.90 Å². The summed E-state index contributed by atoms with van der Waals surface area (Å²) in [4.78, 5) is 2.82. The van der Waals surface area contributed by atoms with Crippen molar-refractivity contribution in [2.45, 2.75) is 70.9 Å². The highest BCUT2D eigenvalue weighted by Gasteiger charge is 2.33. The van der Waals surface area contributed by atoms with Crippen LogP contribution in [0.25, 0.3) is 0 Å². The average Bonchev–Trinajstić information content (AvgIpc) is 2.52. The molecule has 0 radical (unpaired) electrons. The fourth-order valence-corrected chi connectivity index (χ4v) is 4.67. The van der Waals surface area contributed by atoms with E-state index in [0.29, 0.717) is 0 Å². The molecule has 1 heterocycles. The third kappa shape index (κ3) is 5.44. The molecule has 1 saturated carbocycles. The number of thioether (sulfide) groups is 1. The van der Waals surface area contributed by atoms with E-state index >= 15 is 0 Å². The average molecular weight is 313 g/mol. The molecule has 2 nitrogen and oxygen atoms in total. The number of hydrogen-bond acceptors (Lipinski definition) is 3. The van der Waals surface area contributed by atoms with Gasteiger partial charge in [-0.15, -0.1) is 0 Å². The van der Waals surface area contributed by atoms with Crippen LogP contribution in [-0.2, 0) is 0 Å². The van der Waals surface area contributed by atoms with Gasteiger partial charge in [-0.25, -0.2) is 0 Å². The van der Waals surface area contributed by atoms with Gasteiger partial charge in [0.1, 0.15) is 0 Å². The standard InChI is InChI=1S/C18H36N2S/c1-15(2)18-13-19-17(16-9-5-4-6-10-16)14-20(18)11-7-8-12-21-3/h15-19H,4-14H2,1-3H3. The molecule has 21 heavy (non-hydrogen) atoms. The normalized spacial score (nSPS) is 29.1. The molecule has 1 saturated heterocycles. The number of rotatable bonds is 7. The van der Waals surface area contributed by atoms with Gasteiger partial charge in [0.25, 0.3) is 0 Å². The quantitative estimate of drug-likeness (QED) is 0.715. The fourth-order valence-electron chi connectivity index (χ4n) is 4.18. The van der Waals surface area contributed by atoms with Crippen molar-refractivity contribution in [2.24, 2.45) is 11.8 Å². The van der Waals surface area contributed by atoms with Crippen molar-refractivity contribution >= 4 is 11.8 Å². The molecular weight excluding hydrogens is 276 g/mol. The Kier molecular flexibility index (Phi) is 7.90. The third-order valence-corrected chi connectivity index (χ3v) is 6.22. The molecular formula is C18H36N2S. The first-order valence-electron chi connectivity index (χ1n) is 9.18. The third-order valence-electron chi connectivity index (χ3n) is 5.52. The molecule has 0 aromatic carbocycles. The molecule has 124 valence electrons. The summed E-state index contributed by atoms with van der Waals surface area (Å²) in [5.74, 6) is 3.04. The van der Waals surface area contributed by atoms with Crippen molar-refractivity contribution in [3.8, 4) is 0 Å². The van der Waals surface area contributed by atoms with Gasteiger partial charge in [0.15, 0.2) is 0 Å². The molecule has 2 fully saturated rings. The van der Waals surface area contributed by atoms with E-state index in [-0.39, 0.29) is 0 Å². The van der Waals surface area contributed by atoms with Crippen LogP contribution in [-0.4, -0.2) is 48.6 Å². The Morgan fingerprint density at radius 3 is 2.57 bits per heavy atom. The lowest BCUT2D eigenvalue weighted by molar-refractivity contribution is 0.0711. The van der Waals surface area contributed by atoms with Gasteiger partial charge in [0, 0.05) is 25.2 Å². The van der Waals surface area contributed by atoms with Crippen LogP contribution >= 0.6 is 11.8 Å². The molecule has 1 N–H and O–H groups in total. The van der Waals surface area contributed by atoms with E-state index in [4.69, 9.17) is 0 Å². The predicted molar refractivity (Wildman–Crippen MR) is 96.2 cm³/mol. The van der Waals surface area contributed by atoms with Crippen molar-refractivity contribution in [3.05, 3.63) is 0 Å². The zero-order valence-electron chi connectivity index (χ0n) is 14.4. The highest BCUT2D eigenvalue weighted by Crippen LogP contribution is 2.29. The molecule has 0 amide bonds. The Morgan fingerprint density at radius 1 is 1.14 bits per heavy atom. The van der Waals surface area contributed by atoms with Crippen LogP contribution in [0.4, 0.5) is 0 Å². The molecule has 1 aliphatic heterocycles. The van der Waals surface area contributed by atoms with E-state index < -0.39 is 0 Å². The van der Waals surface area contributed by atoms with E-state index in [1.165, 1.54) is 70.3 Å². The molecule has 2 atom stereocenters. The van der Waals surface area contributed by atoms with Gasteiger partial charge in [-0.05, 0) is 56.1 Å². The second kappa shape index (κ2) is 9.42. The van der Waals surface area contributed by atoms with Gasteiger partial charge in [0.05, 0.1) is 0 Å². The van der Waals surface area contributed by atoms with E-state index in [9.17, 15) is 0 Å². The topological polar surface area (TPSA) is 15.3 Å². The summed E-state index contributed by atoms with van der Waals surface area (Å²) in [6.45, 7) is 8.60. The summed E-state index contributed by atoms with van der Waals surface area (Å²) in [7, 11) is 0. The van der Waals surface area contributed by atoms with Gasteiger partial charge in [0.2, 0.25) is 0 Å². The molecule has 0 bridgehead atoms. The fraction of sp³-hybridized carbons (Fsp3) is 1.00. The van der Waals surface area contributed by atoms with E-state index in [0.717, 1.165) is 23.9 Å². The second-order valence-electron chi connectivity index (χ2n) is 7.42. The van der Waals surface area contributed by atoms with Gasteiger partial charge in [-0.1, -0.05) is 33.1 Å². The maximum absolute atomic E-state index is 3.91. The lowest BCUT2D eigenvalue weighted by Crippen LogP contribution is -2.60. The Balaban J connectivity index is 1.84. The zero-order valence-corrected chi connectivity index (χ0v) is 15.3. The maximum atomic E-state index is 3.91. The van der Waals surface area contributed by atoms with Gasteiger partial charge in [-0.2, -0.15) is 11.8 Å². The summed E-state index contributed by atoms with van der Waals surface area (Å²) in [6, 6.07) is 1.51. The second-order valence-corrected chi connectivity index (χ2v) is 8.40. The summed E-state index contributed by atoms with van der Waals surface area (Å²) >= 11 is 1.99. The molecule has 2 aliphatic rings. The first-order valence-corrected chi connectivity index (χ1v) is 10.6. The molecule has 0 aromatic rings. The Labute approximate surface area is 136 Å². The summed E-state index contributed by atoms with van der Waals surface area (Å²) in [5.41, 5.74) is 0. The largest absolute Gasteiger partial charge is 0.311 e. The van der Waals surface area contributed by atoms with Crippen LogP contribution in [0, 0.1) is 11.8 Å². The zero-order chi connectivity index (χ0) is 15.1. The summed E-state index contributed by atoms with van der Waals surface area (Å²) in [5, 5.41) is 3.91. The number of piperazine rings is 1. The maximum Gasteiger partial charge on any atom is 0.0244 e. The minimum absolute atomic E-state index is 0.749. The molecule has 1 aliphatic carbocycles. The summed E-state index contributed by atoms with van der Waals surface area (Å²) in [6.07, 6.45) is 12.3. The van der Waals surface area contributed by atoms with E-state index in [2.05, 4.69) is 30.3 Å². The minimum Gasteiger partial charge on any atom is -0.311 e. The minimum atomic E-state index is 0.749. The van der Waals surface area contributed by atoms with Crippen LogP contribution in [0.3, 0.4) is 0 Å². The van der Waals surface area contributed by atoms with Crippen molar-refractivity contribution in [2.75, 3.05) is 31.6 Å². The predicted octanol–water partition coefficient (Wildman–Crippen LogP) is 4.01. The molecule has 0 spiro atoms. The van der Waals surface area contributed by atoms with Crippen LogP contribution in [0.15, 0.2) is 0 Å². The smallest absolute Gasteiger partial charge is 0.0244 e.